The molecule has 5 heteroatoms. The van der Waals surface area contributed by atoms with Gasteiger partial charge in [0.2, 0.25) is 11.9 Å². The average molecular weight is 756 g/mol. The summed E-state index contributed by atoms with van der Waals surface area (Å²) in [7, 11) is 0. The minimum Gasteiger partial charge on any atom is -0.278 e. The van der Waals surface area contributed by atoms with Gasteiger partial charge in [0.05, 0.1) is 22.1 Å². The molecule has 0 saturated carbocycles. The zero-order valence-corrected chi connectivity index (χ0v) is 32.6. The van der Waals surface area contributed by atoms with Gasteiger partial charge < -0.3 is 0 Å². The van der Waals surface area contributed by atoms with E-state index >= 15 is 0 Å². The van der Waals surface area contributed by atoms with Crippen molar-refractivity contribution in [2.24, 2.45) is 0 Å². The summed E-state index contributed by atoms with van der Waals surface area (Å²) in [5, 5.41) is 4.62. The number of hydrogen-bond acceptors (Lipinski definition) is 3. The molecule has 0 spiro atoms. The Balaban J connectivity index is 1.01. The van der Waals surface area contributed by atoms with E-state index in [1.54, 1.807) is 0 Å². The van der Waals surface area contributed by atoms with Crippen molar-refractivity contribution in [1.82, 2.24) is 24.1 Å². The summed E-state index contributed by atoms with van der Waals surface area (Å²) in [6.45, 7) is 4.67. The SMILES string of the molecule is CC1(C)c2ccccc2-c2c(-c3cccc(-c4ccc(-c5nc(-n6c7ccccc7c7ccccc76)nc(-n6c7ccccc7c7ccccc76)n5)cc4)c3)cccc21. The van der Waals surface area contributed by atoms with Crippen LogP contribution in [-0.4, -0.2) is 24.1 Å². The van der Waals surface area contributed by atoms with Crippen LogP contribution in [0.2, 0.25) is 0 Å². The molecule has 11 aromatic rings. The first-order chi connectivity index (χ1) is 29.0. The zero-order chi connectivity index (χ0) is 39.2. The third-order valence-corrected chi connectivity index (χ3v) is 12.4. The third kappa shape index (κ3) is 5.01. The summed E-state index contributed by atoms with van der Waals surface area (Å²) in [4.78, 5) is 15.8. The molecule has 0 bridgehead atoms. The lowest BCUT2D eigenvalue weighted by molar-refractivity contribution is 0.660. The lowest BCUT2D eigenvalue weighted by atomic mass is 9.82. The molecule has 59 heavy (non-hydrogen) atoms. The minimum atomic E-state index is -0.0484. The standard InChI is InChI=1S/C54H37N5/c1-54(2)44-23-8-3-21-43(44)50-38(22-14-24-45(50)54)37-16-13-15-36(33-37)34-29-31-35(32-30-34)51-55-52(58-46-25-9-4-17-39(46)40-18-5-10-26-47(40)58)57-53(56-51)59-48-27-11-6-19-41(48)42-20-7-12-28-49(42)59/h3-33H,1-2H3. The summed E-state index contributed by atoms with van der Waals surface area (Å²) in [5.41, 5.74) is 15.2. The van der Waals surface area contributed by atoms with E-state index in [0.29, 0.717) is 17.7 Å². The van der Waals surface area contributed by atoms with Crippen molar-refractivity contribution >= 4 is 43.6 Å². The fourth-order valence-electron chi connectivity index (χ4n) is 9.63. The number of rotatable bonds is 5. The van der Waals surface area contributed by atoms with Crippen molar-refractivity contribution in [3.8, 4) is 56.7 Å². The molecule has 278 valence electrons. The van der Waals surface area contributed by atoms with Gasteiger partial charge in [-0.2, -0.15) is 15.0 Å². The van der Waals surface area contributed by atoms with Gasteiger partial charge in [0, 0.05) is 32.5 Å². The lowest BCUT2D eigenvalue weighted by Crippen LogP contribution is -2.14. The van der Waals surface area contributed by atoms with Gasteiger partial charge in [-0.25, -0.2) is 0 Å². The Kier molecular flexibility index (Phi) is 7.20. The first-order valence-electron chi connectivity index (χ1n) is 20.2. The number of aromatic nitrogens is 5. The second-order valence-electron chi connectivity index (χ2n) is 16.1. The molecule has 0 radical (unpaired) electrons. The van der Waals surface area contributed by atoms with E-state index in [0.717, 1.165) is 60.3 Å². The predicted octanol–water partition coefficient (Wildman–Crippen LogP) is 13.4. The number of fused-ring (bicyclic) bond motifs is 9. The maximum atomic E-state index is 5.30. The van der Waals surface area contributed by atoms with E-state index in [-0.39, 0.29) is 5.41 Å². The molecule has 8 aromatic carbocycles. The quantitative estimate of drug-likeness (QED) is 0.176. The van der Waals surface area contributed by atoms with Gasteiger partial charge in [0.15, 0.2) is 5.82 Å². The van der Waals surface area contributed by atoms with Crippen LogP contribution in [0.25, 0.3) is 100 Å². The fourth-order valence-corrected chi connectivity index (χ4v) is 9.63. The van der Waals surface area contributed by atoms with Crippen LogP contribution in [0.4, 0.5) is 0 Å². The van der Waals surface area contributed by atoms with Crippen LogP contribution in [0.15, 0.2) is 188 Å². The first-order valence-corrected chi connectivity index (χ1v) is 20.2. The molecular formula is C54H37N5. The second-order valence-corrected chi connectivity index (χ2v) is 16.1. The predicted molar refractivity (Wildman–Crippen MR) is 242 cm³/mol. The molecule has 0 unspecified atom stereocenters. The highest BCUT2D eigenvalue weighted by Crippen LogP contribution is 2.52. The van der Waals surface area contributed by atoms with Crippen LogP contribution in [-0.2, 0) is 5.41 Å². The lowest BCUT2D eigenvalue weighted by Gasteiger charge is -2.21. The van der Waals surface area contributed by atoms with Gasteiger partial charge in [0.1, 0.15) is 0 Å². The molecule has 0 saturated heterocycles. The molecule has 3 heterocycles. The Labute approximate surface area is 341 Å². The Morgan fingerprint density at radius 2 is 0.797 bits per heavy atom. The van der Waals surface area contributed by atoms with Crippen molar-refractivity contribution in [2.75, 3.05) is 0 Å². The zero-order valence-electron chi connectivity index (χ0n) is 32.6. The van der Waals surface area contributed by atoms with E-state index in [2.05, 4.69) is 211 Å². The Morgan fingerprint density at radius 3 is 1.37 bits per heavy atom. The summed E-state index contributed by atoms with van der Waals surface area (Å²) >= 11 is 0. The monoisotopic (exact) mass is 755 g/mol. The smallest absolute Gasteiger partial charge is 0.240 e. The highest BCUT2D eigenvalue weighted by Gasteiger charge is 2.36. The summed E-state index contributed by atoms with van der Waals surface area (Å²) < 4.78 is 4.35. The van der Waals surface area contributed by atoms with Gasteiger partial charge in [0.25, 0.3) is 0 Å². The third-order valence-electron chi connectivity index (χ3n) is 12.4. The van der Waals surface area contributed by atoms with Crippen LogP contribution in [0, 0.1) is 0 Å². The molecule has 1 aliphatic carbocycles. The summed E-state index contributed by atoms with van der Waals surface area (Å²) in [5.74, 6) is 1.75. The highest BCUT2D eigenvalue weighted by atomic mass is 15.3. The Morgan fingerprint density at radius 1 is 0.356 bits per heavy atom. The largest absolute Gasteiger partial charge is 0.278 e. The van der Waals surface area contributed by atoms with E-state index in [4.69, 9.17) is 15.0 Å². The molecule has 0 aliphatic heterocycles. The molecule has 1 aliphatic rings. The normalized spacial score (nSPS) is 13.1. The van der Waals surface area contributed by atoms with Gasteiger partial charge in [-0.1, -0.05) is 172 Å². The molecule has 0 N–H and O–H groups in total. The second kappa shape index (κ2) is 12.7. The number of para-hydroxylation sites is 4. The van der Waals surface area contributed by atoms with Gasteiger partial charge >= 0.3 is 0 Å². The average Bonchev–Trinajstić information content (AvgIpc) is 3.90. The van der Waals surface area contributed by atoms with E-state index in [1.165, 1.54) is 33.4 Å². The number of hydrogen-bond donors (Lipinski definition) is 0. The first kappa shape index (κ1) is 33.5. The van der Waals surface area contributed by atoms with Crippen molar-refractivity contribution in [3.05, 3.63) is 199 Å². The molecule has 0 atom stereocenters. The van der Waals surface area contributed by atoms with Crippen LogP contribution in [0.5, 0.6) is 0 Å². The van der Waals surface area contributed by atoms with Crippen LogP contribution in [0.3, 0.4) is 0 Å². The van der Waals surface area contributed by atoms with Crippen molar-refractivity contribution < 1.29 is 0 Å². The van der Waals surface area contributed by atoms with Crippen molar-refractivity contribution in [3.63, 3.8) is 0 Å². The van der Waals surface area contributed by atoms with Crippen LogP contribution >= 0.6 is 0 Å². The Hall–Kier alpha value is -7.63. The Bertz CT molecular complexity index is 3240. The summed E-state index contributed by atoms with van der Waals surface area (Å²) in [6.07, 6.45) is 0. The van der Waals surface area contributed by atoms with Crippen LogP contribution in [0.1, 0.15) is 25.0 Å². The molecule has 5 nitrogen and oxygen atoms in total. The maximum Gasteiger partial charge on any atom is 0.240 e. The molecular weight excluding hydrogens is 719 g/mol. The van der Waals surface area contributed by atoms with E-state index < -0.39 is 0 Å². The molecule has 3 aromatic heterocycles. The molecule has 12 rings (SSSR count). The number of benzene rings is 8. The fraction of sp³-hybridized carbons (Fsp3) is 0.0556. The summed E-state index contributed by atoms with van der Waals surface area (Å²) in [6, 6.07) is 67.1. The van der Waals surface area contributed by atoms with Crippen molar-refractivity contribution in [2.45, 2.75) is 19.3 Å². The van der Waals surface area contributed by atoms with Gasteiger partial charge in [-0.05, 0) is 74.8 Å². The van der Waals surface area contributed by atoms with Gasteiger partial charge in [-0.3, -0.25) is 9.13 Å². The molecule has 0 fully saturated rings. The number of nitrogens with zero attached hydrogens (tertiary/aromatic N) is 5. The van der Waals surface area contributed by atoms with E-state index in [9.17, 15) is 0 Å². The highest BCUT2D eigenvalue weighted by molar-refractivity contribution is 6.10. The van der Waals surface area contributed by atoms with E-state index in [1.807, 2.05) is 0 Å². The minimum absolute atomic E-state index is 0.0484. The maximum absolute atomic E-state index is 5.30. The van der Waals surface area contributed by atoms with Gasteiger partial charge in [-0.15, -0.1) is 0 Å². The molecule has 0 amide bonds. The topological polar surface area (TPSA) is 48.5 Å². The van der Waals surface area contributed by atoms with Crippen LogP contribution < -0.4 is 0 Å². The van der Waals surface area contributed by atoms with Crippen molar-refractivity contribution in [1.29, 1.82) is 0 Å².